The Morgan fingerprint density at radius 3 is 1.73 bits per heavy atom. The number of benzene rings is 5. The predicted octanol–water partition coefficient (Wildman–Crippen LogP) is 11.1. The molecule has 0 aromatic heterocycles. The summed E-state index contributed by atoms with van der Waals surface area (Å²) in [7, 11) is 0. The molecule has 0 radical (unpaired) electrons. The van der Waals surface area contributed by atoms with Crippen LogP contribution in [0.15, 0.2) is 117 Å². The largest absolute Gasteiger partial charge is 0.507 e. The molecule has 2 aliphatic rings. The Kier molecular flexibility index (Phi) is 9.21. The second-order valence-corrected chi connectivity index (χ2v) is 15.3. The molecule has 0 aliphatic heterocycles. The van der Waals surface area contributed by atoms with Crippen LogP contribution in [0, 0.1) is 12.8 Å². The maximum Gasteiger partial charge on any atom is 0.199 e. The topological polar surface area (TPSA) is 80.4 Å². The van der Waals surface area contributed by atoms with Crippen molar-refractivity contribution in [2.75, 3.05) is 5.73 Å². The summed E-state index contributed by atoms with van der Waals surface area (Å²) < 4.78 is 0. The summed E-state index contributed by atoms with van der Waals surface area (Å²) in [6.45, 7) is 4.32. The molecule has 48 heavy (non-hydrogen) atoms. The van der Waals surface area contributed by atoms with E-state index in [9.17, 15) is 14.7 Å². The van der Waals surface area contributed by atoms with Gasteiger partial charge in [0.25, 0.3) is 0 Å². The van der Waals surface area contributed by atoms with Gasteiger partial charge in [0, 0.05) is 36.4 Å². The van der Waals surface area contributed by atoms with Gasteiger partial charge in [-0.2, -0.15) is 0 Å². The highest BCUT2D eigenvalue weighted by Crippen LogP contribution is 2.46. The molecule has 1 fully saturated rings. The fourth-order valence-corrected chi connectivity index (χ4v) is 9.15. The molecule has 242 valence electrons. The van der Waals surface area contributed by atoms with Crippen molar-refractivity contribution in [1.82, 2.24) is 0 Å². The minimum Gasteiger partial charge on any atom is -0.507 e. The minimum absolute atomic E-state index is 0.0278. The molecule has 4 nitrogen and oxygen atoms in total. The minimum atomic E-state index is -0.394. The van der Waals surface area contributed by atoms with E-state index in [4.69, 9.17) is 5.73 Å². The van der Waals surface area contributed by atoms with Crippen LogP contribution in [0.1, 0.15) is 94.3 Å². The molecule has 0 atom stereocenters. The quantitative estimate of drug-likeness (QED) is 0.124. The van der Waals surface area contributed by atoms with E-state index in [1.54, 1.807) is 0 Å². The van der Waals surface area contributed by atoms with Crippen LogP contribution in [-0.4, -0.2) is 16.7 Å². The monoisotopic (exact) mass is 669 g/mol. The number of anilines is 1. The maximum atomic E-state index is 14.1. The van der Waals surface area contributed by atoms with Crippen molar-refractivity contribution >= 4 is 40.8 Å². The first kappa shape index (κ1) is 32.3. The number of fused-ring (bicyclic) bond motifs is 2. The summed E-state index contributed by atoms with van der Waals surface area (Å²) in [5.41, 5.74) is 12.0. The number of carbonyl (C=O) groups is 2. The Morgan fingerprint density at radius 2 is 1.17 bits per heavy atom. The van der Waals surface area contributed by atoms with Crippen LogP contribution >= 0.6 is 23.5 Å². The number of hydrogen-bond donors (Lipinski definition) is 2. The van der Waals surface area contributed by atoms with Crippen LogP contribution < -0.4 is 5.73 Å². The molecule has 1 saturated carbocycles. The van der Waals surface area contributed by atoms with Gasteiger partial charge in [-0.1, -0.05) is 97.4 Å². The van der Waals surface area contributed by atoms with Crippen molar-refractivity contribution in [3.8, 4) is 16.9 Å². The van der Waals surface area contributed by atoms with Crippen LogP contribution in [0.2, 0.25) is 0 Å². The summed E-state index contributed by atoms with van der Waals surface area (Å²) in [4.78, 5) is 31.5. The number of nitrogens with two attached hydrogens (primary N) is 1. The lowest BCUT2D eigenvalue weighted by Crippen LogP contribution is -2.24. The third-order valence-corrected chi connectivity index (χ3v) is 12.0. The third-order valence-electron chi connectivity index (χ3n) is 9.84. The molecule has 0 saturated heterocycles. The van der Waals surface area contributed by atoms with Crippen LogP contribution in [0.25, 0.3) is 11.1 Å². The van der Waals surface area contributed by atoms with E-state index in [-0.39, 0.29) is 28.3 Å². The first-order chi connectivity index (χ1) is 23.3. The molecular weight excluding hydrogens is 631 g/mol. The van der Waals surface area contributed by atoms with Crippen LogP contribution in [0.3, 0.4) is 0 Å². The van der Waals surface area contributed by atoms with Gasteiger partial charge in [-0.25, -0.2) is 0 Å². The van der Waals surface area contributed by atoms with E-state index >= 15 is 0 Å². The van der Waals surface area contributed by atoms with Gasteiger partial charge < -0.3 is 10.8 Å². The Balaban J connectivity index is 1.16. The van der Waals surface area contributed by atoms with E-state index in [1.807, 2.05) is 43.3 Å². The van der Waals surface area contributed by atoms with Crippen molar-refractivity contribution in [3.63, 3.8) is 0 Å². The average Bonchev–Trinajstić information content (AvgIpc) is 3.10. The molecule has 0 amide bonds. The zero-order valence-corrected chi connectivity index (χ0v) is 28.9. The highest BCUT2D eigenvalue weighted by atomic mass is 32.2. The summed E-state index contributed by atoms with van der Waals surface area (Å²) in [6, 6.07) is 32.1. The van der Waals surface area contributed by atoms with Gasteiger partial charge in [0.15, 0.2) is 11.6 Å². The lowest BCUT2D eigenvalue weighted by Gasteiger charge is -2.28. The zero-order chi connectivity index (χ0) is 33.4. The van der Waals surface area contributed by atoms with Crippen LogP contribution in [0.5, 0.6) is 5.75 Å². The zero-order valence-electron chi connectivity index (χ0n) is 27.3. The van der Waals surface area contributed by atoms with E-state index in [0.29, 0.717) is 26.8 Å². The maximum absolute atomic E-state index is 14.1. The van der Waals surface area contributed by atoms with E-state index in [2.05, 4.69) is 55.5 Å². The summed E-state index contributed by atoms with van der Waals surface area (Å²) in [6.07, 6.45) is 7.92. The lowest BCUT2D eigenvalue weighted by molar-refractivity contribution is 0.0973. The van der Waals surface area contributed by atoms with E-state index in [1.165, 1.54) is 85.3 Å². The fraction of sp³-hybridized carbons (Fsp3) is 0.238. The van der Waals surface area contributed by atoms with Gasteiger partial charge in [0.05, 0.1) is 11.1 Å². The molecule has 0 heterocycles. The summed E-state index contributed by atoms with van der Waals surface area (Å²) in [5.74, 6) is 0.588. The number of aromatic hydroxyl groups is 1. The standard InChI is InChI=1S/C42H39NO3S2/c1-3-4-26-7-9-27(10-8-26)28-11-13-29(14-12-28)30-15-19-32(20-16-30)48-35-23-24-36(47-31-17-5-25(2)6-18-31)40-39(35)41(45)37-33(43)21-22-34(44)38(37)42(40)46/h5-6,11-24,26-27,44H,3-4,7-10,43H2,1-2H3. The Labute approximate surface area is 291 Å². The second kappa shape index (κ2) is 13.7. The van der Waals surface area contributed by atoms with Crippen LogP contribution in [0.4, 0.5) is 5.69 Å². The van der Waals surface area contributed by atoms with Gasteiger partial charge in [0.1, 0.15) is 5.75 Å². The number of hydrogen-bond acceptors (Lipinski definition) is 6. The molecule has 0 bridgehead atoms. The van der Waals surface area contributed by atoms with Crippen molar-refractivity contribution in [2.45, 2.75) is 77.9 Å². The van der Waals surface area contributed by atoms with Gasteiger partial charge in [-0.05, 0) is 110 Å². The van der Waals surface area contributed by atoms with Gasteiger partial charge in [-0.3, -0.25) is 9.59 Å². The normalized spacial score (nSPS) is 17.2. The van der Waals surface area contributed by atoms with E-state index < -0.39 is 5.78 Å². The lowest BCUT2D eigenvalue weighted by atomic mass is 9.77. The van der Waals surface area contributed by atoms with Crippen LogP contribution in [-0.2, 0) is 0 Å². The van der Waals surface area contributed by atoms with Crippen molar-refractivity contribution in [2.24, 2.45) is 5.92 Å². The molecule has 0 spiro atoms. The number of phenolic OH excluding ortho intramolecular Hbond substituents is 1. The molecular formula is C42H39NO3S2. The molecule has 5 aromatic rings. The molecule has 3 N–H and O–H groups in total. The number of aryl methyl sites for hydroxylation is 1. The smallest absolute Gasteiger partial charge is 0.199 e. The highest BCUT2D eigenvalue weighted by molar-refractivity contribution is 8.00. The molecule has 2 aliphatic carbocycles. The first-order valence-corrected chi connectivity index (χ1v) is 18.4. The second-order valence-electron chi connectivity index (χ2n) is 13.1. The fourth-order valence-electron chi connectivity index (χ4n) is 7.23. The third kappa shape index (κ3) is 6.31. The summed E-state index contributed by atoms with van der Waals surface area (Å²) >= 11 is 2.89. The Hall–Kier alpha value is -4.26. The molecule has 5 aromatic carbocycles. The van der Waals surface area contributed by atoms with Crippen molar-refractivity contribution in [1.29, 1.82) is 0 Å². The van der Waals surface area contributed by atoms with Crippen molar-refractivity contribution < 1.29 is 14.7 Å². The Bertz CT molecular complexity index is 1990. The Morgan fingerprint density at radius 1 is 0.646 bits per heavy atom. The van der Waals surface area contributed by atoms with Gasteiger partial charge >= 0.3 is 0 Å². The predicted molar refractivity (Wildman–Crippen MR) is 197 cm³/mol. The number of carbonyl (C=O) groups excluding carboxylic acids is 2. The van der Waals surface area contributed by atoms with Gasteiger partial charge in [0.2, 0.25) is 0 Å². The average molecular weight is 670 g/mol. The number of rotatable bonds is 8. The number of nitrogen functional groups attached to an aromatic ring is 1. The summed E-state index contributed by atoms with van der Waals surface area (Å²) in [5, 5.41) is 10.7. The highest BCUT2D eigenvalue weighted by Gasteiger charge is 2.37. The number of ketones is 2. The molecule has 0 unspecified atom stereocenters. The first-order valence-electron chi connectivity index (χ1n) is 16.8. The number of phenols is 1. The molecule has 7 rings (SSSR count). The van der Waals surface area contributed by atoms with Crippen molar-refractivity contribution in [3.05, 3.63) is 130 Å². The van der Waals surface area contributed by atoms with E-state index in [0.717, 1.165) is 26.8 Å². The molecule has 6 heteroatoms. The SMILES string of the molecule is CCCC1CCC(c2ccc(-c3ccc(Sc4ccc(Sc5ccc(C)cc5)c5c4C(=O)c4c(N)ccc(O)c4C5=O)cc3)cc2)CC1. The van der Waals surface area contributed by atoms with Gasteiger partial charge in [-0.15, -0.1) is 0 Å².